The zero-order valence-electron chi connectivity index (χ0n) is 9.75. The molecule has 2 rings (SSSR count). The summed E-state index contributed by atoms with van der Waals surface area (Å²) >= 11 is 5.01. The summed E-state index contributed by atoms with van der Waals surface area (Å²) in [6.45, 7) is 0. The summed E-state index contributed by atoms with van der Waals surface area (Å²) in [5.74, 6) is -0.930. The van der Waals surface area contributed by atoms with Crippen molar-refractivity contribution in [1.29, 1.82) is 0 Å². The zero-order chi connectivity index (χ0) is 14.0. The first-order chi connectivity index (χ1) is 8.93. The van der Waals surface area contributed by atoms with E-state index in [1.54, 1.807) is 0 Å². The van der Waals surface area contributed by atoms with Crippen LogP contribution < -0.4 is 10.6 Å². The third kappa shape index (κ3) is 2.97. The number of nitro benzene ring substituents is 1. The van der Waals surface area contributed by atoms with E-state index < -0.39 is 16.4 Å². The van der Waals surface area contributed by atoms with E-state index in [0.29, 0.717) is 18.5 Å². The molecule has 3 N–H and O–H groups in total. The van der Waals surface area contributed by atoms with Crippen LogP contribution in [0.4, 0.5) is 11.4 Å². The molecule has 0 spiro atoms. The Morgan fingerprint density at radius 3 is 2.37 bits per heavy atom. The molecule has 0 radical (unpaired) electrons. The SMILES string of the molecule is O=C(O)C1(NC(=S)Nc2ccc([N+](=O)[O-])cc2)CC1. The molecule has 0 aromatic heterocycles. The number of nitrogens with one attached hydrogen (secondary N) is 2. The summed E-state index contributed by atoms with van der Waals surface area (Å²) in [6, 6.07) is 5.70. The quantitative estimate of drug-likeness (QED) is 0.436. The highest BCUT2D eigenvalue weighted by Crippen LogP contribution is 2.35. The monoisotopic (exact) mass is 281 g/mol. The number of hydrogen-bond donors (Lipinski definition) is 3. The lowest BCUT2D eigenvalue weighted by Crippen LogP contribution is -2.44. The number of anilines is 1. The van der Waals surface area contributed by atoms with Crippen LogP contribution in [0.15, 0.2) is 24.3 Å². The van der Waals surface area contributed by atoms with E-state index in [1.807, 2.05) is 0 Å². The standard InChI is InChI=1S/C11H11N3O4S/c15-9(16)11(5-6-11)13-10(19)12-7-1-3-8(4-2-7)14(17)18/h1-4H,5-6H2,(H,15,16)(H2,12,13,19). The Labute approximate surface area is 113 Å². The Morgan fingerprint density at radius 1 is 1.37 bits per heavy atom. The Bertz CT molecular complexity index is 539. The average molecular weight is 281 g/mol. The van der Waals surface area contributed by atoms with Crippen LogP contribution in [0.5, 0.6) is 0 Å². The number of carboxylic acid groups (broad SMARTS) is 1. The smallest absolute Gasteiger partial charge is 0.329 e. The van der Waals surface area contributed by atoms with Crippen molar-refractivity contribution in [3.63, 3.8) is 0 Å². The molecule has 1 aromatic rings. The van der Waals surface area contributed by atoms with E-state index in [1.165, 1.54) is 24.3 Å². The van der Waals surface area contributed by atoms with E-state index >= 15 is 0 Å². The second kappa shape index (κ2) is 4.81. The predicted octanol–water partition coefficient (Wildman–Crippen LogP) is 1.50. The van der Waals surface area contributed by atoms with Crippen molar-refractivity contribution in [3.8, 4) is 0 Å². The van der Waals surface area contributed by atoms with Gasteiger partial charge in [-0.25, -0.2) is 4.79 Å². The number of nitrogens with zero attached hydrogens (tertiary/aromatic N) is 1. The number of carboxylic acids is 1. The highest BCUT2D eigenvalue weighted by molar-refractivity contribution is 7.80. The summed E-state index contributed by atoms with van der Waals surface area (Å²) in [4.78, 5) is 21.0. The molecule has 1 fully saturated rings. The number of aliphatic carboxylic acids is 1. The minimum absolute atomic E-state index is 0.0198. The molecular weight excluding hydrogens is 270 g/mol. The van der Waals surface area contributed by atoms with Crippen molar-refractivity contribution >= 4 is 34.7 Å². The van der Waals surface area contributed by atoms with Gasteiger partial charge in [0.2, 0.25) is 0 Å². The number of carbonyl (C=O) groups is 1. The van der Waals surface area contributed by atoms with Gasteiger partial charge < -0.3 is 15.7 Å². The maximum atomic E-state index is 11.0. The lowest BCUT2D eigenvalue weighted by molar-refractivity contribution is -0.384. The molecule has 19 heavy (non-hydrogen) atoms. The van der Waals surface area contributed by atoms with E-state index in [0.717, 1.165) is 0 Å². The molecular formula is C11H11N3O4S. The summed E-state index contributed by atoms with van der Waals surface area (Å²) in [5.41, 5.74) is -0.414. The number of thiocarbonyl (C=S) groups is 1. The van der Waals surface area contributed by atoms with Gasteiger partial charge >= 0.3 is 5.97 Å². The lowest BCUT2D eigenvalue weighted by atomic mass is 10.3. The molecule has 100 valence electrons. The first-order valence-corrected chi connectivity index (χ1v) is 5.91. The van der Waals surface area contributed by atoms with Gasteiger partial charge in [0.15, 0.2) is 5.11 Å². The van der Waals surface area contributed by atoms with Gasteiger partial charge in [-0.2, -0.15) is 0 Å². The Hall–Kier alpha value is -2.22. The van der Waals surface area contributed by atoms with Crippen molar-refractivity contribution < 1.29 is 14.8 Å². The Balaban J connectivity index is 1.96. The van der Waals surface area contributed by atoms with Crippen molar-refractivity contribution in [1.82, 2.24) is 5.32 Å². The lowest BCUT2D eigenvalue weighted by Gasteiger charge is -2.15. The molecule has 0 atom stereocenters. The summed E-state index contributed by atoms with van der Waals surface area (Å²) in [5, 5.41) is 25.2. The molecule has 8 heteroatoms. The van der Waals surface area contributed by atoms with Gasteiger partial charge in [-0.05, 0) is 37.2 Å². The van der Waals surface area contributed by atoms with Gasteiger partial charge in [0.1, 0.15) is 5.54 Å². The van der Waals surface area contributed by atoms with Gasteiger partial charge in [-0.1, -0.05) is 0 Å². The summed E-state index contributed by atoms with van der Waals surface area (Å²) in [6.07, 6.45) is 1.06. The number of hydrogen-bond acceptors (Lipinski definition) is 4. The third-order valence-electron chi connectivity index (χ3n) is 2.85. The van der Waals surface area contributed by atoms with E-state index in [2.05, 4.69) is 10.6 Å². The van der Waals surface area contributed by atoms with E-state index in [4.69, 9.17) is 17.3 Å². The van der Waals surface area contributed by atoms with Crippen LogP contribution in [-0.2, 0) is 4.79 Å². The molecule has 0 bridgehead atoms. The third-order valence-corrected chi connectivity index (χ3v) is 3.05. The second-order valence-corrected chi connectivity index (χ2v) is 4.68. The number of rotatable bonds is 4. The first-order valence-electron chi connectivity index (χ1n) is 5.50. The van der Waals surface area contributed by atoms with Crippen LogP contribution in [0.2, 0.25) is 0 Å². The highest BCUT2D eigenvalue weighted by Gasteiger charge is 2.51. The largest absolute Gasteiger partial charge is 0.480 e. The fourth-order valence-electron chi connectivity index (χ4n) is 1.56. The van der Waals surface area contributed by atoms with E-state index in [9.17, 15) is 14.9 Å². The van der Waals surface area contributed by atoms with Crippen LogP contribution in [-0.4, -0.2) is 26.7 Å². The molecule has 0 heterocycles. The maximum Gasteiger partial charge on any atom is 0.329 e. The molecule has 1 saturated carbocycles. The molecule has 0 aliphatic heterocycles. The minimum atomic E-state index is -0.954. The summed E-state index contributed by atoms with van der Waals surface area (Å²) in [7, 11) is 0. The normalized spacial score (nSPS) is 15.4. The van der Waals surface area contributed by atoms with Crippen molar-refractivity contribution in [3.05, 3.63) is 34.4 Å². The molecule has 1 aliphatic carbocycles. The molecule has 1 aliphatic rings. The molecule has 7 nitrogen and oxygen atoms in total. The fraction of sp³-hybridized carbons (Fsp3) is 0.273. The van der Waals surface area contributed by atoms with Gasteiger partial charge in [0.25, 0.3) is 5.69 Å². The first kappa shape index (κ1) is 13.2. The Morgan fingerprint density at radius 2 is 1.95 bits per heavy atom. The minimum Gasteiger partial charge on any atom is -0.480 e. The molecule has 1 aromatic carbocycles. The van der Waals surface area contributed by atoms with Crippen LogP contribution in [0.3, 0.4) is 0 Å². The summed E-state index contributed by atoms with van der Waals surface area (Å²) < 4.78 is 0. The topological polar surface area (TPSA) is 104 Å². The van der Waals surface area contributed by atoms with Crippen molar-refractivity contribution in [2.24, 2.45) is 0 Å². The van der Waals surface area contributed by atoms with Gasteiger partial charge in [0.05, 0.1) is 4.92 Å². The average Bonchev–Trinajstić information content (AvgIpc) is 3.10. The maximum absolute atomic E-state index is 11.0. The Kier molecular flexibility index (Phi) is 3.34. The van der Waals surface area contributed by atoms with Crippen LogP contribution in [0, 0.1) is 10.1 Å². The molecule has 0 unspecified atom stereocenters. The van der Waals surface area contributed by atoms with Gasteiger partial charge in [-0.15, -0.1) is 0 Å². The molecule has 0 amide bonds. The highest BCUT2D eigenvalue weighted by atomic mass is 32.1. The van der Waals surface area contributed by atoms with Crippen LogP contribution in [0.25, 0.3) is 0 Å². The van der Waals surface area contributed by atoms with Gasteiger partial charge in [-0.3, -0.25) is 10.1 Å². The second-order valence-electron chi connectivity index (χ2n) is 4.27. The zero-order valence-corrected chi connectivity index (χ0v) is 10.6. The number of benzene rings is 1. The molecule has 0 saturated heterocycles. The van der Waals surface area contributed by atoms with Crippen LogP contribution >= 0.6 is 12.2 Å². The van der Waals surface area contributed by atoms with Crippen LogP contribution in [0.1, 0.15) is 12.8 Å². The van der Waals surface area contributed by atoms with E-state index in [-0.39, 0.29) is 10.8 Å². The van der Waals surface area contributed by atoms with Gasteiger partial charge in [0, 0.05) is 17.8 Å². The van der Waals surface area contributed by atoms with Crippen molar-refractivity contribution in [2.45, 2.75) is 18.4 Å². The fourth-order valence-corrected chi connectivity index (χ4v) is 1.88. The predicted molar refractivity (Wildman–Crippen MR) is 72.1 cm³/mol. The number of non-ortho nitro benzene ring substituents is 1. The number of nitro groups is 1. The van der Waals surface area contributed by atoms with Crippen molar-refractivity contribution in [2.75, 3.05) is 5.32 Å².